The lowest BCUT2D eigenvalue weighted by atomic mass is 10.1. The average Bonchev–Trinajstić information content (AvgIpc) is 3.43. The lowest BCUT2D eigenvalue weighted by molar-refractivity contribution is -0.137. The molecule has 1 N–H and O–H groups in total. The zero-order valence-electron chi connectivity index (χ0n) is 13.4. The van der Waals surface area contributed by atoms with Crippen LogP contribution in [0.4, 0.5) is 19.0 Å². The van der Waals surface area contributed by atoms with Gasteiger partial charge in [0.2, 0.25) is 0 Å². The number of esters is 1. The number of methoxy groups -OCH3 is 1. The molecule has 5 nitrogen and oxygen atoms in total. The molecule has 0 aliphatic heterocycles. The standard InChI is InChI=1S/C17H16F3N3O2/c1-25-16(24)13-5-4-12(23-15(13)10-2-3-10)9-22-14-8-11(6-7-21-14)17(18,19)20/h4-8,10H,2-3,9H2,1H3,(H,21,22). The second kappa shape index (κ2) is 6.70. The lowest BCUT2D eigenvalue weighted by Gasteiger charge is -2.11. The summed E-state index contributed by atoms with van der Waals surface area (Å²) in [6, 6.07) is 5.16. The SMILES string of the molecule is COC(=O)c1ccc(CNc2cc(C(F)(F)F)ccn2)nc1C1CC1. The highest BCUT2D eigenvalue weighted by atomic mass is 19.4. The molecule has 0 amide bonds. The van der Waals surface area contributed by atoms with Gasteiger partial charge in [0.1, 0.15) is 5.82 Å². The fourth-order valence-corrected chi connectivity index (χ4v) is 2.45. The van der Waals surface area contributed by atoms with Gasteiger partial charge in [0.15, 0.2) is 0 Å². The van der Waals surface area contributed by atoms with E-state index in [4.69, 9.17) is 4.74 Å². The maximum Gasteiger partial charge on any atom is 0.416 e. The molecular formula is C17H16F3N3O2. The number of hydrogen-bond donors (Lipinski definition) is 1. The minimum Gasteiger partial charge on any atom is -0.465 e. The summed E-state index contributed by atoms with van der Waals surface area (Å²) in [6.07, 6.45) is -1.39. The lowest BCUT2D eigenvalue weighted by Crippen LogP contribution is -2.11. The quantitative estimate of drug-likeness (QED) is 0.831. The molecule has 0 spiro atoms. The molecule has 1 aliphatic rings. The van der Waals surface area contributed by atoms with Gasteiger partial charge in [0.05, 0.1) is 36.2 Å². The van der Waals surface area contributed by atoms with E-state index >= 15 is 0 Å². The number of carbonyl (C=O) groups is 1. The fraction of sp³-hybridized carbons (Fsp3) is 0.353. The number of anilines is 1. The monoisotopic (exact) mass is 351 g/mol. The van der Waals surface area contributed by atoms with Crippen molar-refractivity contribution in [3.8, 4) is 0 Å². The van der Waals surface area contributed by atoms with Crippen molar-refractivity contribution in [3.63, 3.8) is 0 Å². The van der Waals surface area contributed by atoms with Crippen molar-refractivity contribution < 1.29 is 22.7 Å². The summed E-state index contributed by atoms with van der Waals surface area (Å²) >= 11 is 0. The van der Waals surface area contributed by atoms with Crippen LogP contribution in [-0.2, 0) is 17.5 Å². The molecule has 0 unspecified atom stereocenters. The molecule has 25 heavy (non-hydrogen) atoms. The van der Waals surface area contributed by atoms with Gasteiger partial charge in [-0.05, 0) is 37.1 Å². The fourth-order valence-electron chi connectivity index (χ4n) is 2.45. The van der Waals surface area contributed by atoms with Crippen molar-refractivity contribution in [2.24, 2.45) is 0 Å². The Labute approximate surface area is 142 Å². The Morgan fingerprint density at radius 1 is 1.32 bits per heavy atom. The van der Waals surface area contributed by atoms with E-state index in [0.717, 1.165) is 31.2 Å². The molecule has 0 bridgehead atoms. The van der Waals surface area contributed by atoms with Crippen LogP contribution in [0.25, 0.3) is 0 Å². The molecule has 0 atom stereocenters. The third-order valence-corrected chi connectivity index (χ3v) is 3.89. The maximum atomic E-state index is 12.7. The molecule has 2 aromatic heterocycles. The van der Waals surface area contributed by atoms with Gasteiger partial charge in [0.25, 0.3) is 0 Å². The molecule has 0 radical (unpaired) electrons. The Balaban J connectivity index is 1.76. The Kier molecular flexibility index (Phi) is 4.61. The zero-order chi connectivity index (χ0) is 18.0. The van der Waals surface area contributed by atoms with Crippen LogP contribution >= 0.6 is 0 Å². The van der Waals surface area contributed by atoms with E-state index < -0.39 is 17.7 Å². The predicted octanol–water partition coefficient (Wildman–Crippen LogP) is 3.77. The molecule has 132 valence electrons. The molecule has 2 heterocycles. The number of carbonyl (C=O) groups excluding carboxylic acids is 1. The highest BCUT2D eigenvalue weighted by Gasteiger charge is 2.31. The van der Waals surface area contributed by atoms with Crippen molar-refractivity contribution in [3.05, 3.63) is 53.0 Å². The van der Waals surface area contributed by atoms with Crippen molar-refractivity contribution in [1.29, 1.82) is 0 Å². The molecule has 0 saturated heterocycles. The van der Waals surface area contributed by atoms with E-state index in [0.29, 0.717) is 17.0 Å². The second-order valence-electron chi connectivity index (χ2n) is 5.78. The summed E-state index contributed by atoms with van der Waals surface area (Å²) in [5.74, 6) is -0.0872. The first-order valence-electron chi connectivity index (χ1n) is 7.73. The van der Waals surface area contributed by atoms with Crippen LogP contribution in [0.1, 0.15) is 46.1 Å². The van der Waals surface area contributed by atoms with Gasteiger partial charge in [-0.3, -0.25) is 4.98 Å². The van der Waals surface area contributed by atoms with Crippen LogP contribution in [-0.4, -0.2) is 23.0 Å². The summed E-state index contributed by atoms with van der Waals surface area (Å²) in [5, 5.41) is 2.83. The number of alkyl halides is 3. The third kappa shape index (κ3) is 4.07. The molecule has 1 fully saturated rings. The number of pyridine rings is 2. The number of aromatic nitrogens is 2. The van der Waals surface area contributed by atoms with Crippen molar-refractivity contribution in [2.45, 2.75) is 31.5 Å². The van der Waals surface area contributed by atoms with E-state index in [1.165, 1.54) is 7.11 Å². The first kappa shape index (κ1) is 17.2. The highest BCUT2D eigenvalue weighted by Crippen LogP contribution is 2.40. The molecule has 1 saturated carbocycles. The van der Waals surface area contributed by atoms with Gasteiger partial charge in [-0.25, -0.2) is 9.78 Å². The zero-order valence-corrected chi connectivity index (χ0v) is 13.4. The van der Waals surface area contributed by atoms with E-state index in [2.05, 4.69) is 15.3 Å². The average molecular weight is 351 g/mol. The summed E-state index contributed by atoms with van der Waals surface area (Å²) in [5.41, 5.74) is 0.973. The first-order chi connectivity index (χ1) is 11.9. The Hall–Kier alpha value is -2.64. The van der Waals surface area contributed by atoms with Crippen LogP contribution < -0.4 is 5.32 Å². The highest BCUT2D eigenvalue weighted by molar-refractivity contribution is 5.90. The molecule has 2 aromatic rings. The van der Waals surface area contributed by atoms with Crippen molar-refractivity contribution in [2.75, 3.05) is 12.4 Å². The molecule has 8 heteroatoms. The van der Waals surface area contributed by atoms with E-state index in [-0.39, 0.29) is 18.3 Å². The van der Waals surface area contributed by atoms with Crippen LogP contribution in [0.15, 0.2) is 30.5 Å². The Morgan fingerprint density at radius 3 is 2.72 bits per heavy atom. The van der Waals surface area contributed by atoms with Gasteiger partial charge >= 0.3 is 12.1 Å². The number of halogens is 3. The number of ether oxygens (including phenoxy) is 1. The smallest absolute Gasteiger partial charge is 0.416 e. The van der Waals surface area contributed by atoms with E-state index in [9.17, 15) is 18.0 Å². The Morgan fingerprint density at radius 2 is 2.08 bits per heavy atom. The number of nitrogens with one attached hydrogen (secondary N) is 1. The minimum absolute atomic E-state index is 0.113. The largest absolute Gasteiger partial charge is 0.465 e. The van der Waals surface area contributed by atoms with Crippen LogP contribution in [0.2, 0.25) is 0 Å². The van der Waals surface area contributed by atoms with Gasteiger partial charge in [-0.15, -0.1) is 0 Å². The number of rotatable bonds is 5. The summed E-state index contributed by atoms with van der Waals surface area (Å²) < 4.78 is 42.9. The van der Waals surface area contributed by atoms with Gasteiger partial charge < -0.3 is 10.1 Å². The normalized spacial score (nSPS) is 14.2. The number of nitrogens with zero attached hydrogens (tertiary/aromatic N) is 2. The molecule has 1 aliphatic carbocycles. The summed E-state index contributed by atoms with van der Waals surface area (Å²) in [4.78, 5) is 20.2. The predicted molar refractivity (Wildman–Crippen MR) is 84.1 cm³/mol. The summed E-state index contributed by atoms with van der Waals surface area (Å²) in [6.45, 7) is 0.204. The topological polar surface area (TPSA) is 64.1 Å². The summed E-state index contributed by atoms with van der Waals surface area (Å²) in [7, 11) is 1.31. The van der Waals surface area contributed by atoms with Gasteiger partial charge in [0, 0.05) is 12.1 Å². The molecule has 3 rings (SSSR count). The van der Waals surface area contributed by atoms with E-state index in [1.54, 1.807) is 12.1 Å². The minimum atomic E-state index is -4.42. The molecule has 0 aromatic carbocycles. The van der Waals surface area contributed by atoms with Crippen LogP contribution in [0.5, 0.6) is 0 Å². The van der Waals surface area contributed by atoms with Crippen LogP contribution in [0, 0.1) is 0 Å². The van der Waals surface area contributed by atoms with E-state index in [1.807, 2.05) is 0 Å². The molecular weight excluding hydrogens is 335 g/mol. The maximum absolute atomic E-state index is 12.7. The second-order valence-corrected chi connectivity index (χ2v) is 5.78. The number of hydrogen-bond acceptors (Lipinski definition) is 5. The van der Waals surface area contributed by atoms with Gasteiger partial charge in [-0.1, -0.05) is 0 Å². The Bertz CT molecular complexity index is 789. The van der Waals surface area contributed by atoms with Crippen LogP contribution in [0.3, 0.4) is 0 Å². The van der Waals surface area contributed by atoms with Gasteiger partial charge in [-0.2, -0.15) is 13.2 Å². The third-order valence-electron chi connectivity index (χ3n) is 3.89. The first-order valence-corrected chi connectivity index (χ1v) is 7.73. The van der Waals surface area contributed by atoms with Crippen molar-refractivity contribution >= 4 is 11.8 Å². The van der Waals surface area contributed by atoms with Crippen molar-refractivity contribution in [1.82, 2.24) is 9.97 Å².